The summed E-state index contributed by atoms with van der Waals surface area (Å²) in [5, 5.41) is 10.4. The SMILES string of the molecule is C=CC(=O)N1CCN(c2nc(OCCN3CCCC3=O)nc3c(F)c(-c4c(O)cccc4F)c(Cl)cc23)CC1. The monoisotopic (exact) mass is 557 g/mol. The maximum atomic E-state index is 16.1. The van der Waals surface area contributed by atoms with Crippen molar-refractivity contribution in [2.75, 3.05) is 50.8 Å². The van der Waals surface area contributed by atoms with Crippen molar-refractivity contribution in [2.45, 2.75) is 12.8 Å². The van der Waals surface area contributed by atoms with Gasteiger partial charge in [0.1, 0.15) is 29.5 Å². The van der Waals surface area contributed by atoms with Gasteiger partial charge in [-0.2, -0.15) is 9.97 Å². The summed E-state index contributed by atoms with van der Waals surface area (Å²) in [5.41, 5.74) is -0.882. The molecule has 0 aliphatic carbocycles. The van der Waals surface area contributed by atoms with Crippen molar-refractivity contribution in [3.63, 3.8) is 0 Å². The molecular formula is C27H26ClF2N5O4. The molecular weight excluding hydrogens is 532 g/mol. The van der Waals surface area contributed by atoms with Crippen molar-refractivity contribution in [3.05, 3.63) is 53.6 Å². The summed E-state index contributed by atoms with van der Waals surface area (Å²) in [6.07, 6.45) is 2.53. The van der Waals surface area contributed by atoms with Crippen LogP contribution < -0.4 is 9.64 Å². The highest BCUT2D eigenvalue weighted by Gasteiger charge is 2.28. The lowest BCUT2D eigenvalue weighted by Crippen LogP contribution is -2.48. The summed E-state index contributed by atoms with van der Waals surface area (Å²) < 4.78 is 36.6. The molecule has 0 saturated carbocycles. The highest BCUT2D eigenvalue weighted by Crippen LogP contribution is 2.42. The van der Waals surface area contributed by atoms with Gasteiger partial charge in [-0.25, -0.2) is 8.78 Å². The number of piperazine rings is 1. The van der Waals surface area contributed by atoms with E-state index in [0.29, 0.717) is 51.5 Å². The number of amides is 2. The second-order valence-corrected chi connectivity index (χ2v) is 9.66. The second-order valence-electron chi connectivity index (χ2n) is 9.26. The zero-order valence-corrected chi connectivity index (χ0v) is 21.8. The van der Waals surface area contributed by atoms with Gasteiger partial charge in [-0.05, 0) is 30.7 Å². The summed E-state index contributed by atoms with van der Waals surface area (Å²) in [5.74, 6) is -2.07. The van der Waals surface area contributed by atoms with Crippen LogP contribution in [0.5, 0.6) is 11.8 Å². The number of likely N-dealkylation sites (tertiary alicyclic amines) is 1. The molecule has 0 spiro atoms. The van der Waals surface area contributed by atoms with Crippen molar-refractivity contribution in [1.29, 1.82) is 0 Å². The molecule has 3 heterocycles. The minimum Gasteiger partial charge on any atom is -0.507 e. The van der Waals surface area contributed by atoms with E-state index in [-0.39, 0.29) is 51.5 Å². The van der Waals surface area contributed by atoms with Crippen molar-refractivity contribution < 1.29 is 28.2 Å². The number of hydrogen-bond donors (Lipinski definition) is 1. The number of fused-ring (bicyclic) bond motifs is 1. The van der Waals surface area contributed by atoms with E-state index in [2.05, 4.69) is 16.5 Å². The fourth-order valence-electron chi connectivity index (χ4n) is 4.91. The Labute approximate surface area is 228 Å². The van der Waals surface area contributed by atoms with Crippen LogP contribution in [-0.2, 0) is 9.59 Å². The molecule has 39 heavy (non-hydrogen) atoms. The minimum atomic E-state index is -0.943. The van der Waals surface area contributed by atoms with Crippen LogP contribution in [-0.4, -0.2) is 82.6 Å². The van der Waals surface area contributed by atoms with Gasteiger partial charge in [0.25, 0.3) is 0 Å². The Morgan fingerprint density at radius 3 is 2.59 bits per heavy atom. The number of aromatic nitrogens is 2. The number of phenols is 1. The Morgan fingerprint density at radius 1 is 1.15 bits per heavy atom. The number of halogens is 3. The maximum Gasteiger partial charge on any atom is 0.319 e. The van der Waals surface area contributed by atoms with Gasteiger partial charge < -0.3 is 24.5 Å². The lowest BCUT2D eigenvalue weighted by molar-refractivity contribution is -0.128. The quantitative estimate of drug-likeness (QED) is 0.442. The van der Waals surface area contributed by atoms with E-state index in [1.807, 2.05) is 4.90 Å². The second kappa shape index (κ2) is 11.0. The van der Waals surface area contributed by atoms with Crippen LogP contribution >= 0.6 is 11.6 Å². The van der Waals surface area contributed by atoms with Crippen molar-refractivity contribution in [1.82, 2.24) is 19.8 Å². The molecule has 2 fully saturated rings. The molecule has 12 heteroatoms. The molecule has 3 aromatic rings. The molecule has 2 aromatic carbocycles. The van der Waals surface area contributed by atoms with Crippen LogP contribution in [0.1, 0.15) is 12.8 Å². The molecule has 0 unspecified atom stereocenters. The van der Waals surface area contributed by atoms with Crippen LogP contribution in [0.25, 0.3) is 22.0 Å². The third-order valence-electron chi connectivity index (χ3n) is 6.91. The van der Waals surface area contributed by atoms with Gasteiger partial charge >= 0.3 is 6.01 Å². The van der Waals surface area contributed by atoms with E-state index < -0.39 is 17.4 Å². The topological polar surface area (TPSA) is 99.1 Å². The fourth-order valence-corrected chi connectivity index (χ4v) is 5.20. The average molecular weight is 558 g/mol. The molecule has 1 N–H and O–H groups in total. The van der Waals surface area contributed by atoms with Crippen LogP contribution in [0.2, 0.25) is 5.02 Å². The lowest BCUT2D eigenvalue weighted by atomic mass is 10.0. The summed E-state index contributed by atoms with van der Waals surface area (Å²) in [4.78, 5) is 38.0. The standard InChI is InChI=1S/C27H26ClF2N5O4/c1-2-20(37)34-9-11-35(12-10-34)26-16-15-17(28)22(23-18(29)5-3-6-19(23)36)24(30)25(16)31-27(32-26)39-14-13-33-8-4-7-21(33)38/h2-3,5-6,15,36H,1,4,7-14H2. The number of carbonyl (C=O) groups is 2. The number of rotatable bonds is 7. The summed E-state index contributed by atoms with van der Waals surface area (Å²) >= 11 is 6.47. The van der Waals surface area contributed by atoms with Gasteiger partial charge in [0.05, 0.1) is 17.1 Å². The van der Waals surface area contributed by atoms with E-state index in [9.17, 15) is 19.1 Å². The number of phenolic OH excluding ortho intramolecular Hbond substituents is 1. The Balaban J connectivity index is 1.56. The van der Waals surface area contributed by atoms with Gasteiger partial charge in [-0.3, -0.25) is 9.59 Å². The van der Waals surface area contributed by atoms with Gasteiger partial charge in [0, 0.05) is 50.1 Å². The average Bonchev–Trinajstić information content (AvgIpc) is 3.34. The lowest BCUT2D eigenvalue weighted by Gasteiger charge is -2.35. The first-order valence-corrected chi connectivity index (χ1v) is 12.9. The molecule has 0 atom stereocenters. The number of anilines is 1. The summed E-state index contributed by atoms with van der Waals surface area (Å²) in [6, 6.07) is 4.94. The number of carbonyl (C=O) groups excluding carboxylic acids is 2. The number of ether oxygens (including phenoxy) is 1. The highest BCUT2D eigenvalue weighted by molar-refractivity contribution is 6.34. The van der Waals surface area contributed by atoms with Crippen LogP contribution in [0, 0.1) is 11.6 Å². The van der Waals surface area contributed by atoms with Crippen LogP contribution in [0.3, 0.4) is 0 Å². The van der Waals surface area contributed by atoms with Gasteiger partial charge in [-0.15, -0.1) is 0 Å². The first-order chi connectivity index (χ1) is 18.8. The minimum absolute atomic E-state index is 0.0423. The normalized spacial score (nSPS) is 15.8. The third kappa shape index (κ3) is 5.18. The smallest absolute Gasteiger partial charge is 0.319 e. The zero-order valence-electron chi connectivity index (χ0n) is 21.0. The zero-order chi connectivity index (χ0) is 27.7. The molecule has 1 aromatic heterocycles. The van der Waals surface area contributed by atoms with Crippen molar-refractivity contribution in [3.8, 4) is 22.9 Å². The number of benzene rings is 2. The van der Waals surface area contributed by atoms with E-state index in [0.717, 1.165) is 12.5 Å². The van der Waals surface area contributed by atoms with Crippen LogP contribution in [0.4, 0.5) is 14.6 Å². The molecule has 9 nitrogen and oxygen atoms in total. The Kier molecular flexibility index (Phi) is 7.51. The van der Waals surface area contributed by atoms with Gasteiger partial charge in [0.15, 0.2) is 5.82 Å². The van der Waals surface area contributed by atoms with E-state index in [4.69, 9.17) is 16.3 Å². The Bertz CT molecular complexity index is 1440. The Hall–Kier alpha value is -3.99. The number of aromatic hydroxyl groups is 1. The molecule has 204 valence electrons. The molecule has 2 aliphatic rings. The molecule has 0 bridgehead atoms. The fraction of sp³-hybridized carbons (Fsp3) is 0.333. The molecule has 2 amide bonds. The van der Waals surface area contributed by atoms with E-state index in [1.165, 1.54) is 24.3 Å². The van der Waals surface area contributed by atoms with Gasteiger partial charge in [0.2, 0.25) is 11.8 Å². The van der Waals surface area contributed by atoms with Crippen LogP contribution in [0.15, 0.2) is 36.9 Å². The predicted molar refractivity (Wildman–Crippen MR) is 142 cm³/mol. The van der Waals surface area contributed by atoms with Gasteiger partial charge in [-0.1, -0.05) is 24.2 Å². The Morgan fingerprint density at radius 2 is 1.92 bits per heavy atom. The molecule has 5 rings (SSSR count). The van der Waals surface area contributed by atoms with E-state index >= 15 is 4.39 Å². The largest absolute Gasteiger partial charge is 0.507 e. The molecule has 2 aliphatic heterocycles. The predicted octanol–water partition coefficient (Wildman–Crippen LogP) is 3.77. The summed E-state index contributed by atoms with van der Waals surface area (Å²) in [7, 11) is 0. The molecule has 0 radical (unpaired) electrons. The first-order valence-electron chi connectivity index (χ1n) is 12.5. The van der Waals surface area contributed by atoms with Crippen molar-refractivity contribution in [2.24, 2.45) is 0 Å². The molecule has 2 saturated heterocycles. The number of hydrogen-bond acceptors (Lipinski definition) is 7. The third-order valence-corrected chi connectivity index (χ3v) is 7.21. The maximum absolute atomic E-state index is 16.1. The first kappa shape index (κ1) is 26.6. The number of nitrogens with zero attached hydrogens (tertiary/aromatic N) is 5. The van der Waals surface area contributed by atoms with E-state index in [1.54, 1.807) is 9.80 Å². The highest BCUT2D eigenvalue weighted by atomic mass is 35.5. The summed E-state index contributed by atoms with van der Waals surface area (Å²) in [6.45, 7) is 6.15. The van der Waals surface area contributed by atoms with Crippen molar-refractivity contribution >= 4 is 40.1 Å².